The summed E-state index contributed by atoms with van der Waals surface area (Å²) in [4.78, 5) is 1.15. The van der Waals surface area contributed by atoms with Crippen LogP contribution in [0.1, 0.15) is 24.5 Å². The molecule has 2 unspecified atom stereocenters. The van der Waals surface area contributed by atoms with Crippen molar-refractivity contribution in [3.8, 4) is 17.2 Å². The Morgan fingerprint density at radius 2 is 1.68 bits per heavy atom. The maximum absolute atomic E-state index is 6.51. The van der Waals surface area contributed by atoms with Crippen LogP contribution < -0.4 is 19.9 Å². The molecule has 2 aliphatic rings. The van der Waals surface area contributed by atoms with Crippen molar-refractivity contribution < 1.29 is 28.4 Å². The van der Waals surface area contributed by atoms with Crippen molar-refractivity contribution in [3.05, 3.63) is 70.8 Å². The van der Waals surface area contributed by atoms with Gasteiger partial charge in [0.15, 0.2) is 11.5 Å². The highest BCUT2D eigenvalue weighted by molar-refractivity contribution is 7.99. The Kier molecular flexibility index (Phi) is 10.0. The predicted molar refractivity (Wildman–Crippen MR) is 151 cm³/mol. The summed E-state index contributed by atoms with van der Waals surface area (Å²) < 4.78 is 35.2. The van der Waals surface area contributed by atoms with Crippen LogP contribution in [-0.2, 0) is 14.2 Å². The molecule has 1 aliphatic heterocycles. The van der Waals surface area contributed by atoms with Crippen LogP contribution in [-0.4, -0.2) is 65.2 Å². The predicted octanol–water partition coefficient (Wildman–Crippen LogP) is 5.60. The lowest BCUT2D eigenvalue weighted by molar-refractivity contribution is -0.0738. The molecule has 2 aromatic rings. The topological polar surface area (TPSA) is 81.4 Å². The summed E-state index contributed by atoms with van der Waals surface area (Å²) in [6.07, 6.45) is 7.44. The summed E-state index contributed by atoms with van der Waals surface area (Å²) >= 11 is 7.69. The van der Waals surface area contributed by atoms with Gasteiger partial charge in [-0.15, -0.1) is 11.8 Å². The number of nitrogens with two attached hydrogens (primary N) is 1. The molecule has 4 atom stereocenters. The van der Waals surface area contributed by atoms with Gasteiger partial charge in [0, 0.05) is 29.3 Å². The number of rotatable bonds is 12. The van der Waals surface area contributed by atoms with Gasteiger partial charge in [-0.2, -0.15) is 0 Å². The molecular weight excluding hydrogens is 526 g/mol. The second-order valence-corrected chi connectivity index (χ2v) is 10.7. The maximum atomic E-state index is 6.51. The van der Waals surface area contributed by atoms with Crippen LogP contribution in [0.15, 0.2) is 65.1 Å². The van der Waals surface area contributed by atoms with Crippen LogP contribution in [0.3, 0.4) is 0 Å². The van der Waals surface area contributed by atoms with E-state index in [0.717, 1.165) is 39.6 Å². The van der Waals surface area contributed by atoms with Crippen molar-refractivity contribution in [2.24, 2.45) is 5.73 Å². The molecule has 1 aliphatic carbocycles. The van der Waals surface area contributed by atoms with Crippen molar-refractivity contribution >= 4 is 23.4 Å². The number of methoxy groups -OCH3 is 4. The Morgan fingerprint density at radius 1 is 1.00 bits per heavy atom. The zero-order valence-electron chi connectivity index (χ0n) is 22.3. The van der Waals surface area contributed by atoms with E-state index in [-0.39, 0.29) is 24.9 Å². The summed E-state index contributed by atoms with van der Waals surface area (Å²) in [7, 11) is 6.50. The minimum Gasteiger partial charge on any atom is -0.493 e. The number of halogens is 1. The minimum absolute atomic E-state index is 0.0853. The third-order valence-electron chi connectivity index (χ3n) is 6.97. The van der Waals surface area contributed by atoms with E-state index in [1.807, 2.05) is 42.5 Å². The summed E-state index contributed by atoms with van der Waals surface area (Å²) in [6, 6.07) is 11.7. The molecule has 0 spiro atoms. The second kappa shape index (κ2) is 13.2. The van der Waals surface area contributed by atoms with Crippen LogP contribution in [0.4, 0.5) is 0 Å². The average molecular weight is 562 g/mol. The Bertz CT molecular complexity index is 1110. The zero-order chi connectivity index (χ0) is 27.1. The van der Waals surface area contributed by atoms with Crippen molar-refractivity contribution in [1.82, 2.24) is 0 Å². The van der Waals surface area contributed by atoms with Crippen LogP contribution in [0.25, 0.3) is 0 Å². The molecule has 9 heteroatoms. The lowest BCUT2D eigenvalue weighted by Gasteiger charge is -2.38. The number of benzene rings is 2. The van der Waals surface area contributed by atoms with E-state index < -0.39 is 5.60 Å². The molecule has 2 aromatic carbocycles. The maximum Gasteiger partial charge on any atom is 0.203 e. The molecule has 2 N–H and O–H groups in total. The van der Waals surface area contributed by atoms with Gasteiger partial charge in [-0.1, -0.05) is 23.8 Å². The van der Waals surface area contributed by atoms with E-state index in [0.29, 0.717) is 23.9 Å². The Labute approximate surface area is 234 Å². The molecule has 0 bridgehead atoms. The summed E-state index contributed by atoms with van der Waals surface area (Å²) in [6.45, 7) is 0.842. The first kappa shape index (κ1) is 28.8. The van der Waals surface area contributed by atoms with Gasteiger partial charge in [0.1, 0.15) is 11.7 Å². The van der Waals surface area contributed by atoms with E-state index in [4.69, 9.17) is 45.8 Å². The molecule has 206 valence electrons. The molecule has 7 nitrogen and oxygen atoms in total. The average Bonchev–Trinajstić information content (AvgIpc) is 3.46. The molecule has 4 rings (SSSR count). The Balaban J connectivity index is 1.41. The minimum atomic E-state index is -0.761. The Morgan fingerprint density at radius 3 is 2.29 bits per heavy atom. The lowest BCUT2D eigenvalue weighted by Crippen LogP contribution is -2.51. The van der Waals surface area contributed by atoms with Crippen LogP contribution >= 0.6 is 23.4 Å². The van der Waals surface area contributed by atoms with Gasteiger partial charge in [-0.3, -0.25) is 0 Å². The standard InChI is InChI=1S/C29H36ClNO6S/c1-32-25-15-20(16-26(33-2)28(25)34-3)24-11-10-23(37-24)19-5-12-27(29(17-19,18-31)35-4)36-13-14-38-22-8-6-21(30)7-9-22/h5-9,12,15-17,23-24,27H,10-11,13-14,18,31H2,1-4H3/t23-,24-,27?,29?/m1/s1. The van der Waals surface area contributed by atoms with Gasteiger partial charge in [0.25, 0.3) is 0 Å². The van der Waals surface area contributed by atoms with Crippen LogP contribution in [0.5, 0.6) is 17.2 Å². The van der Waals surface area contributed by atoms with Gasteiger partial charge < -0.3 is 34.2 Å². The molecule has 0 saturated carbocycles. The Hall–Kier alpha value is -2.20. The fourth-order valence-electron chi connectivity index (χ4n) is 4.88. The van der Waals surface area contributed by atoms with Gasteiger partial charge in [0.2, 0.25) is 5.75 Å². The number of hydrogen-bond acceptors (Lipinski definition) is 8. The lowest BCUT2D eigenvalue weighted by atomic mass is 9.86. The van der Waals surface area contributed by atoms with Gasteiger partial charge in [0.05, 0.1) is 40.1 Å². The molecule has 1 saturated heterocycles. The number of thioether (sulfide) groups is 1. The van der Waals surface area contributed by atoms with Crippen molar-refractivity contribution in [3.63, 3.8) is 0 Å². The number of ether oxygens (including phenoxy) is 6. The van der Waals surface area contributed by atoms with E-state index in [2.05, 4.69) is 12.2 Å². The van der Waals surface area contributed by atoms with Gasteiger partial charge >= 0.3 is 0 Å². The first-order valence-corrected chi connectivity index (χ1v) is 13.9. The van der Waals surface area contributed by atoms with E-state index in [9.17, 15) is 0 Å². The highest BCUT2D eigenvalue weighted by atomic mass is 35.5. The molecular formula is C29H36ClNO6S. The normalized spacial score (nSPS) is 24.8. The third kappa shape index (κ3) is 6.33. The summed E-state index contributed by atoms with van der Waals surface area (Å²) in [5.74, 6) is 2.59. The zero-order valence-corrected chi connectivity index (χ0v) is 23.8. The van der Waals surface area contributed by atoms with Crippen LogP contribution in [0, 0.1) is 0 Å². The highest BCUT2D eigenvalue weighted by Crippen LogP contribution is 2.44. The molecule has 38 heavy (non-hydrogen) atoms. The largest absolute Gasteiger partial charge is 0.493 e. The monoisotopic (exact) mass is 561 g/mol. The molecule has 0 amide bonds. The SMILES string of the molecule is COc1cc([C@H]2CC[C@H](C3=CC(CN)(OC)C(OCCSc4ccc(Cl)cc4)C=C3)O2)cc(OC)c1OC. The van der Waals surface area contributed by atoms with Gasteiger partial charge in [-0.05, 0) is 66.5 Å². The van der Waals surface area contributed by atoms with Gasteiger partial charge in [-0.25, -0.2) is 0 Å². The fourth-order valence-corrected chi connectivity index (χ4v) is 5.75. The first-order chi connectivity index (χ1) is 18.5. The van der Waals surface area contributed by atoms with Crippen molar-refractivity contribution in [2.45, 2.75) is 41.7 Å². The summed E-state index contributed by atoms with van der Waals surface area (Å²) in [5.41, 5.74) is 7.51. The van der Waals surface area contributed by atoms with Crippen molar-refractivity contribution in [1.29, 1.82) is 0 Å². The first-order valence-electron chi connectivity index (χ1n) is 12.6. The van der Waals surface area contributed by atoms with E-state index in [1.165, 1.54) is 0 Å². The van der Waals surface area contributed by atoms with Crippen molar-refractivity contribution in [2.75, 3.05) is 47.3 Å². The smallest absolute Gasteiger partial charge is 0.203 e. The molecule has 0 radical (unpaired) electrons. The molecule has 1 fully saturated rings. The molecule has 1 heterocycles. The van der Waals surface area contributed by atoms with E-state index in [1.54, 1.807) is 40.2 Å². The van der Waals surface area contributed by atoms with Crippen LogP contribution in [0.2, 0.25) is 5.02 Å². The summed E-state index contributed by atoms with van der Waals surface area (Å²) in [5, 5.41) is 0.731. The third-order valence-corrected chi connectivity index (χ3v) is 8.20. The van der Waals surface area contributed by atoms with E-state index >= 15 is 0 Å². The quantitative estimate of drug-likeness (QED) is 0.265. The molecule has 0 aromatic heterocycles. The second-order valence-electron chi connectivity index (χ2n) is 9.11. The number of hydrogen-bond donors (Lipinski definition) is 1. The fraction of sp³-hybridized carbons (Fsp3) is 0.448. The highest BCUT2D eigenvalue weighted by Gasteiger charge is 2.40.